The number of amides is 1. The van der Waals surface area contributed by atoms with Crippen molar-refractivity contribution in [2.75, 3.05) is 13.1 Å². The van der Waals surface area contributed by atoms with E-state index in [0.29, 0.717) is 23.7 Å². The molecule has 0 radical (unpaired) electrons. The van der Waals surface area contributed by atoms with Crippen molar-refractivity contribution in [3.8, 4) is 0 Å². The zero-order valence-electron chi connectivity index (χ0n) is 13.1. The lowest BCUT2D eigenvalue weighted by atomic mass is 9.95. The number of likely N-dealkylation sites (tertiary alicyclic amines) is 1. The average Bonchev–Trinajstić information content (AvgIpc) is 2.58. The number of carbonyl (C=O) groups excluding carboxylic acids is 1. The SMILES string of the molecule is CC1CCN(C(=O)c2cccnc2Sc2ccccc2)CC1O. The standard InChI is InChI=1S/C18H20N2O2S/c1-13-9-11-20(12-16(13)21)18(22)15-8-5-10-19-17(15)23-14-6-3-2-4-7-14/h2-8,10,13,16,21H,9,11-12H2,1H3. The quantitative estimate of drug-likeness (QED) is 0.941. The normalized spacial score (nSPS) is 21.2. The van der Waals surface area contributed by atoms with Crippen molar-refractivity contribution in [1.82, 2.24) is 9.88 Å². The van der Waals surface area contributed by atoms with Gasteiger partial charge in [0.05, 0.1) is 11.7 Å². The first-order valence-electron chi connectivity index (χ1n) is 7.80. The fourth-order valence-electron chi connectivity index (χ4n) is 2.64. The summed E-state index contributed by atoms with van der Waals surface area (Å²) >= 11 is 1.49. The van der Waals surface area contributed by atoms with E-state index >= 15 is 0 Å². The predicted octanol–water partition coefficient (Wildman–Crippen LogP) is 3.08. The highest BCUT2D eigenvalue weighted by Crippen LogP contribution is 2.29. The van der Waals surface area contributed by atoms with Crippen molar-refractivity contribution in [2.24, 2.45) is 5.92 Å². The van der Waals surface area contributed by atoms with Gasteiger partial charge in [-0.2, -0.15) is 0 Å². The summed E-state index contributed by atoms with van der Waals surface area (Å²) < 4.78 is 0. The highest BCUT2D eigenvalue weighted by Gasteiger charge is 2.29. The molecule has 3 rings (SSSR count). The van der Waals surface area contributed by atoms with Crippen LogP contribution in [0, 0.1) is 5.92 Å². The number of piperidine rings is 1. The number of aliphatic hydroxyl groups excluding tert-OH is 1. The fraction of sp³-hybridized carbons (Fsp3) is 0.333. The lowest BCUT2D eigenvalue weighted by molar-refractivity contribution is 0.0246. The molecule has 1 fully saturated rings. The number of hydrogen-bond donors (Lipinski definition) is 1. The van der Waals surface area contributed by atoms with Crippen molar-refractivity contribution in [3.05, 3.63) is 54.2 Å². The largest absolute Gasteiger partial charge is 0.391 e. The molecule has 0 aliphatic carbocycles. The summed E-state index contributed by atoms with van der Waals surface area (Å²) in [7, 11) is 0. The molecular formula is C18H20N2O2S. The van der Waals surface area contributed by atoms with Crippen molar-refractivity contribution in [1.29, 1.82) is 0 Å². The minimum absolute atomic E-state index is 0.0533. The average molecular weight is 328 g/mol. The van der Waals surface area contributed by atoms with Crippen LogP contribution in [0.25, 0.3) is 0 Å². The maximum absolute atomic E-state index is 12.8. The molecule has 2 aromatic rings. The summed E-state index contributed by atoms with van der Waals surface area (Å²) in [4.78, 5) is 20.0. The van der Waals surface area contributed by atoms with Crippen LogP contribution in [0.3, 0.4) is 0 Å². The number of hydrogen-bond acceptors (Lipinski definition) is 4. The van der Waals surface area contributed by atoms with Gasteiger partial charge in [0.2, 0.25) is 0 Å². The predicted molar refractivity (Wildman–Crippen MR) is 90.5 cm³/mol. The Hall–Kier alpha value is -1.85. The third-order valence-corrected chi connectivity index (χ3v) is 5.19. The molecule has 1 N–H and O–H groups in total. The molecule has 2 heterocycles. The van der Waals surface area contributed by atoms with Gasteiger partial charge in [0, 0.05) is 24.2 Å². The molecule has 0 bridgehead atoms. The molecule has 1 aromatic heterocycles. The molecule has 23 heavy (non-hydrogen) atoms. The number of nitrogens with zero attached hydrogens (tertiary/aromatic N) is 2. The Morgan fingerprint density at radius 1 is 1.26 bits per heavy atom. The van der Waals surface area contributed by atoms with Crippen LogP contribution in [-0.4, -0.2) is 40.1 Å². The van der Waals surface area contributed by atoms with Crippen LogP contribution in [0.15, 0.2) is 58.6 Å². The number of benzene rings is 1. The van der Waals surface area contributed by atoms with E-state index in [1.165, 1.54) is 11.8 Å². The molecule has 2 atom stereocenters. The van der Waals surface area contributed by atoms with Crippen LogP contribution in [0.2, 0.25) is 0 Å². The van der Waals surface area contributed by atoms with Gasteiger partial charge in [-0.05, 0) is 36.6 Å². The van der Waals surface area contributed by atoms with E-state index in [1.54, 1.807) is 17.2 Å². The molecule has 0 saturated carbocycles. The molecule has 1 aliphatic rings. The number of β-amino-alcohol motifs (C(OH)–C–C–N with tert-alkyl or cyclic N) is 1. The Kier molecular flexibility index (Phi) is 4.98. The Labute approximate surface area is 140 Å². The molecule has 0 spiro atoms. The van der Waals surface area contributed by atoms with E-state index < -0.39 is 6.10 Å². The van der Waals surface area contributed by atoms with Crippen LogP contribution in [-0.2, 0) is 0 Å². The smallest absolute Gasteiger partial charge is 0.256 e. The van der Waals surface area contributed by atoms with E-state index in [1.807, 2.05) is 43.3 Å². The van der Waals surface area contributed by atoms with Crippen molar-refractivity contribution < 1.29 is 9.90 Å². The van der Waals surface area contributed by atoms with Crippen LogP contribution in [0.1, 0.15) is 23.7 Å². The van der Waals surface area contributed by atoms with Crippen molar-refractivity contribution >= 4 is 17.7 Å². The molecule has 1 aromatic carbocycles. The first-order valence-corrected chi connectivity index (χ1v) is 8.62. The van der Waals surface area contributed by atoms with Crippen LogP contribution < -0.4 is 0 Å². The molecular weight excluding hydrogens is 308 g/mol. The monoisotopic (exact) mass is 328 g/mol. The van der Waals surface area contributed by atoms with Gasteiger partial charge in [-0.25, -0.2) is 4.98 Å². The van der Waals surface area contributed by atoms with E-state index in [4.69, 9.17) is 0 Å². The number of pyridine rings is 1. The number of aromatic nitrogens is 1. The molecule has 1 saturated heterocycles. The molecule has 2 unspecified atom stereocenters. The lowest BCUT2D eigenvalue weighted by Crippen LogP contribution is -2.46. The van der Waals surface area contributed by atoms with Crippen LogP contribution >= 0.6 is 11.8 Å². The minimum Gasteiger partial charge on any atom is -0.391 e. The molecule has 1 amide bonds. The third-order valence-electron chi connectivity index (χ3n) is 4.17. The van der Waals surface area contributed by atoms with E-state index in [9.17, 15) is 9.90 Å². The van der Waals surface area contributed by atoms with Crippen molar-refractivity contribution in [3.63, 3.8) is 0 Å². The van der Waals surface area contributed by atoms with Gasteiger partial charge >= 0.3 is 0 Å². The van der Waals surface area contributed by atoms with E-state index in [-0.39, 0.29) is 11.8 Å². The van der Waals surface area contributed by atoms with Gasteiger partial charge in [-0.15, -0.1) is 0 Å². The van der Waals surface area contributed by atoms with Crippen LogP contribution in [0.4, 0.5) is 0 Å². The van der Waals surface area contributed by atoms with Gasteiger partial charge in [0.25, 0.3) is 5.91 Å². The number of carbonyl (C=O) groups is 1. The summed E-state index contributed by atoms with van der Waals surface area (Å²) in [6.45, 7) is 3.10. The van der Waals surface area contributed by atoms with E-state index in [0.717, 1.165) is 11.3 Å². The first kappa shape index (κ1) is 16.0. The van der Waals surface area contributed by atoms with Gasteiger partial charge in [0.15, 0.2) is 0 Å². The topological polar surface area (TPSA) is 53.4 Å². The second-order valence-corrected chi connectivity index (χ2v) is 6.92. The Bertz CT molecular complexity index is 678. The Morgan fingerprint density at radius 2 is 2.04 bits per heavy atom. The zero-order chi connectivity index (χ0) is 16.2. The van der Waals surface area contributed by atoms with Gasteiger partial charge in [-0.1, -0.05) is 36.9 Å². The summed E-state index contributed by atoms with van der Waals surface area (Å²) in [5, 5.41) is 10.7. The summed E-state index contributed by atoms with van der Waals surface area (Å²) in [5.74, 6) is 0.189. The summed E-state index contributed by atoms with van der Waals surface area (Å²) in [6.07, 6.45) is 2.08. The molecule has 5 heteroatoms. The highest BCUT2D eigenvalue weighted by atomic mass is 32.2. The summed E-state index contributed by atoms with van der Waals surface area (Å²) in [5.41, 5.74) is 0.600. The molecule has 4 nitrogen and oxygen atoms in total. The molecule has 1 aliphatic heterocycles. The van der Waals surface area contributed by atoms with E-state index in [2.05, 4.69) is 4.98 Å². The highest BCUT2D eigenvalue weighted by molar-refractivity contribution is 7.99. The zero-order valence-corrected chi connectivity index (χ0v) is 13.9. The van der Waals surface area contributed by atoms with Crippen LogP contribution in [0.5, 0.6) is 0 Å². The number of aliphatic hydroxyl groups is 1. The van der Waals surface area contributed by atoms with Gasteiger partial charge in [-0.3, -0.25) is 4.79 Å². The lowest BCUT2D eigenvalue weighted by Gasteiger charge is -2.34. The Balaban J connectivity index is 1.81. The second-order valence-electron chi connectivity index (χ2n) is 5.86. The fourth-order valence-corrected chi connectivity index (χ4v) is 3.53. The third kappa shape index (κ3) is 3.74. The first-order chi connectivity index (χ1) is 11.1. The van der Waals surface area contributed by atoms with Crippen molar-refractivity contribution in [2.45, 2.75) is 29.4 Å². The maximum atomic E-state index is 12.8. The second kappa shape index (κ2) is 7.15. The van der Waals surface area contributed by atoms with Gasteiger partial charge < -0.3 is 10.0 Å². The number of rotatable bonds is 3. The summed E-state index contributed by atoms with van der Waals surface area (Å²) in [6, 6.07) is 13.5. The van der Waals surface area contributed by atoms with Gasteiger partial charge in [0.1, 0.15) is 5.03 Å². The maximum Gasteiger partial charge on any atom is 0.256 e. The molecule has 120 valence electrons. The Morgan fingerprint density at radius 3 is 2.78 bits per heavy atom. The minimum atomic E-state index is -0.449.